The van der Waals surface area contributed by atoms with E-state index in [1.807, 2.05) is 58.2 Å². The van der Waals surface area contributed by atoms with Gasteiger partial charge in [-0.05, 0) is 38.8 Å². The Bertz CT molecular complexity index is 1110. The van der Waals surface area contributed by atoms with Crippen molar-refractivity contribution in [2.24, 2.45) is 13.0 Å². The van der Waals surface area contributed by atoms with E-state index in [0.717, 1.165) is 28.8 Å². The third-order valence-electron chi connectivity index (χ3n) is 5.12. The van der Waals surface area contributed by atoms with Crippen LogP contribution >= 0.6 is 11.8 Å². The van der Waals surface area contributed by atoms with Crippen LogP contribution in [0.3, 0.4) is 0 Å². The Morgan fingerprint density at radius 3 is 2.43 bits per heavy atom. The highest BCUT2D eigenvalue weighted by atomic mass is 32.2. The minimum atomic E-state index is -0.243. The maximum absolute atomic E-state index is 12.9. The summed E-state index contributed by atoms with van der Waals surface area (Å²) in [7, 11) is 1.81. The number of hydrogen-bond donors (Lipinski definition) is 1. The van der Waals surface area contributed by atoms with E-state index in [-0.39, 0.29) is 17.2 Å². The number of thioether (sulfide) groups is 1. The molecular weight excluding hydrogens is 398 g/mol. The van der Waals surface area contributed by atoms with Gasteiger partial charge in [0.2, 0.25) is 5.91 Å². The van der Waals surface area contributed by atoms with Crippen molar-refractivity contribution >= 4 is 23.4 Å². The number of carbonyl (C=O) groups excluding carboxylic acids is 1. The molecule has 0 fully saturated rings. The number of benzene rings is 1. The Balaban J connectivity index is 1.77. The van der Waals surface area contributed by atoms with Crippen molar-refractivity contribution in [3.8, 4) is 5.69 Å². The summed E-state index contributed by atoms with van der Waals surface area (Å²) < 4.78 is 5.47. The second-order valence-corrected chi connectivity index (χ2v) is 8.79. The highest BCUT2D eigenvalue weighted by Gasteiger charge is 2.19. The fourth-order valence-corrected chi connectivity index (χ4v) is 4.23. The Morgan fingerprint density at radius 2 is 1.80 bits per heavy atom. The fourth-order valence-electron chi connectivity index (χ4n) is 3.33. The van der Waals surface area contributed by atoms with Crippen molar-refractivity contribution in [2.45, 2.75) is 46.3 Å². The van der Waals surface area contributed by atoms with Crippen LogP contribution in [-0.2, 0) is 18.4 Å². The lowest BCUT2D eigenvalue weighted by Gasteiger charge is -2.12. The van der Waals surface area contributed by atoms with Gasteiger partial charge < -0.3 is 9.88 Å². The molecule has 1 N–H and O–H groups in total. The molecule has 2 heterocycles. The van der Waals surface area contributed by atoms with E-state index in [0.29, 0.717) is 17.3 Å². The maximum Gasteiger partial charge on any atom is 0.295 e. The van der Waals surface area contributed by atoms with E-state index in [1.165, 1.54) is 11.8 Å². The van der Waals surface area contributed by atoms with Crippen LogP contribution in [0.25, 0.3) is 5.69 Å². The zero-order valence-electron chi connectivity index (χ0n) is 18.4. The van der Waals surface area contributed by atoms with Crippen LogP contribution < -0.4 is 10.9 Å². The number of anilines is 1. The molecule has 2 aromatic heterocycles. The number of para-hydroxylation sites is 1. The first-order chi connectivity index (χ1) is 14.2. The van der Waals surface area contributed by atoms with E-state index in [2.05, 4.69) is 28.7 Å². The van der Waals surface area contributed by atoms with Crippen LogP contribution in [-0.4, -0.2) is 30.6 Å². The van der Waals surface area contributed by atoms with Gasteiger partial charge in [0.15, 0.2) is 5.16 Å². The summed E-state index contributed by atoms with van der Waals surface area (Å²) >= 11 is 1.39. The molecule has 1 aromatic carbocycles. The Kier molecular flexibility index (Phi) is 6.55. The topological polar surface area (TPSA) is 73.8 Å². The minimum absolute atomic E-state index is 0.188. The van der Waals surface area contributed by atoms with Crippen molar-refractivity contribution in [3.05, 3.63) is 57.8 Å². The first-order valence-electron chi connectivity index (χ1n) is 10.0. The second kappa shape index (κ2) is 8.95. The molecule has 0 radical (unpaired) electrons. The Hall–Kier alpha value is -2.74. The fraction of sp³-hybridized carbons (Fsp3) is 0.409. The molecule has 30 heavy (non-hydrogen) atoms. The molecule has 8 heteroatoms. The number of rotatable bonds is 7. The zero-order chi connectivity index (χ0) is 22.0. The summed E-state index contributed by atoms with van der Waals surface area (Å²) in [5.74, 6) is 0.446. The van der Waals surface area contributed by atoms with Crippen molar-refractivity contribution in [1.82, 2.24) is 18.9 Å². The number of hydrogen-bond acceptors (Lipinski definition) is 4. The summed E-state index contributed by atoms with van der Waals surface area (Å²) in [4.78, 5) is 30.2. The summed E-state index contributed by atoms with van der Waals surface area (Å²) in [6.45, 7) is 11.0. The predicted molar refractivity (Wildman–Crippen MR) is 122 cm³/mol. The SMILES string of the molecule is Cc1nc(SCC(=O)Nc2c(C)n(C)n(-c3ccccc3)c2=O)n(CC(C)C)c1C. The summed E-state index contributed by atoms with van der Waals surface area (Å²) in [6.07, 6.45) is 0. The highest BCUT2D eigenvalue weighted by molar-refractivity contribution is 7.99. The lowest BCUT2D eigenvalue weighted by molar-refractivity contribution is -0.113. The molecule has 0 bridgehead atoms. The second-order valence-electron chi connectivity index (χ2n) is 7.84. The first kappa shape index (κ1) is 22.0. The van der Waals surface area contributed by atoms with Gasteiger partial charge >= 0.3 is 0 Å². The van der Waals surface area contributed by atoms with Gasteiger partial charge in [0, 0.05) is 19.3 Å². The van der Waals surface area contributed by atoms with Gasteiger partial charge in [-0.25, -0.2) is 9.67 Å². The van der Waals surface area contributed by atoms with Gasteiger partial charge in [-0.3, -0.25) is 14.3 Å². The molecular formula is C22H29N5O2S. The van der Waals surface area contributed by atoms with Gasteiger partial charge in [-0.1, -0.05) is 43.8 Å². The standard InChI is InChI=1S/C22H29N5O2S/c1-14(2)12-26-16(4)15(3)23-22(26)30-13-19(28)24-20-17(5)25(6)27(21(20)29)18-10-8-7-9-11-18/h7-11,14H,12-13H2,1-6H3,(H,24,28). The summed E-state index contributed by atoms with van der Waals surface area (Å²) in [6, 6.07) is 9.38. The molecule has 0 aliphatic heterocycles. The predicted octanol–water partition coefficient (Wildman–Crippen LogP) is 3.68. The van der Waals surface area contributed by atoms with Crippen molar-refractivity contribution in [1.29, 1.82) is 0 Å². The van der Waals surface area contributed by atoms with Crippen LogP contribution in [0.2, 0.25) is 0 Å². The molecule has 0 atom stereocenters. The number of aromatic nitrogens is 4. The molecule has 160 valence electrons. The monoisotopic (exact) mass is 427 g/mol. The van der Waals surface area contributed by atoms with Crippen molar-refractivity contribution < 1.29 is 4.79 Å². The Labute approximate surface area is 181 Å². The quantitative estimate of drug-likeness (QED) is 0.584. The molecule has 0 aliphatic carbocycles. The largest absolute Gasteiger partial charge is 0.323 e. The molecule has 0 saturated heterocycles. The zero-order valence-corrected chi connectivity index (χ0v) is 19.2. The highest BCUT2D eigenvalue weighted by Crippen LogP contribution is 2.23. The van der Waals surface area contributed by atoms with Crippen LogP contribution in [0.15, 0.2) is 40.3 Å². The molecule has 0 saturated carbocycles. The lowest BCUT2D eigenvalue weighted by atomic mass is 10.2. The third kappa shape index (κ3) is 4.38. The molecule has 0 unspecified atom stereocenters. The van der Waals surface area contributed by atoms with E-state index in [4.69, 9.17) is 0 Å². The first-order valence-corrected chi connectivity index (χ1v) is 11.0. The lowest BCUT2D eigenvalue weighted by Crippen LogP contribution is -2.23. The number of nitrogens with zero attached hydrogens (tertiary/aromatic N) is 4. The number of imidazole rings is 1. The number of carbonyl (C=O) groups is 1. The molecule has 3 aromatic rings. The molecule has 1 amide bonds. The van der Waals surface area contributed by atoms with Crippen LogP contribution in [0, 0.1) is 26.7 Å². The summed E-state index contributed by atoms with van der Waals surface area (Å²) in [5.41, 5.74) is 3.62. The van der Waals surface area contributed by atoms with Gasteiger partial charge in [0.05, 0.1) is 22.8 Å². The smallest absolute Gasteiger partial charge is 0.295 e. The van der Waals surface area contributed by atoms with E-state index in [9.17, 15) is 9.59 Å². The molecule has 0 aliphatic rings. The van der Waals surface area contributed by atoms with E-state index < -0.39 is 0 Å². The maximum atomic E-state index is 12.9. The van der Waals surface area contributed by atoms with Gasteiger partial charge in [0.1, 0.15) is 5.69 Å². The number of nitrogens with one attached hydrogen (secondary N) is 1. The van der Waals surface area contributed by atoms with Crippen LogP contribution in [0.1, 0.15) is 30.9 Å². The van der Waals surface area contributed by atoms with Crippen LogP contribution in [0.5, 0.6) is 0 Å². The van der Waals surface area contributed by atoms with Gasteiger partial charge in [0.25, 0.3) is 5.56 Å². The average molecular weight is 428 g/mol. The third-order valence-corrected chi connectivity index (χ3v) is 6.10. The minimum Gasteiger partial charge on any atom is -0.323 e. The van der Waals surface area contributed by atoms with Crippen LogP contribution in [0.4, 0.5) is 5.69 Å². The molecule has 0 spiro atoms. The van der Waals surface area contributed by atoms with Crippen molar-refractivity contribution in [2.75, 3.05) is 11.1 Å². The number of aryl methyl sites for hydroxylation is 1. The van der Waals surface area contributed by atoms with E-state index in [1.54, 1.807) is 9.36 Å². The molecule has 7 nitrogen and oxygen atoms in total. The van der Waals surface area contributed by atoms with E-state index >= 15 is 0 Å². The average Bonchev–Trinajstić information content (AvgIpc) is 3.08. The van der Waals surface area contributed by atoms with Gasteiger partial charge in [-0.15, -0.1) is 0 Å². The summed E-state index contributed by atoms with van der Waals surface area (Å²) in [5, 5.41) is 3.64. The number of amides is 1. The Morgan fingerprint density at radius 1 is 1.13 bits per heavy atom. The normalized spacial score (nSPS) is 11.3. The van der Waals surface area contributed by atoms with Gasteiger partial charge in [-0.2, -0.15) is 0 Å². The van der Waals surface area contributed by atoms with Crippen molar-refractivity contribution in [3.63, 3.8) is 0 Å². The molecule has 3 rings (SSSR count).